The Kier molecular flexibility index (Phi) is 3.83. The maximum absolute atomic E-state index is 13.1. The second-order valence-corrected chi connectivity index (χ2v) is 6.99. The van der Waals surface area contributed by atoms with Crippen molar-refractivity contribution in [2.24, 2.45) is 0 Å². The lowest BCUT2D eigenvalue weighted by Gasteiger charge is -2.33. The molecule has 1 amide bonds. The Balaban J connectivity index is 1.46. The number of nitrogens with zero attached hydrogens (tertiary/aromatic N) is 8. The average molecular weight is 395 g/mol. The molecular formula is C18H15ClN8O. The van der Waals surface area contributed by atoms with Crippen molar-refractivity contribution < 1.29 is 4.79 Å². The molecule has 140 valence electrons. The molecule has 0 radical (unpaired) electrons. The van der Waals surface area contributed by atoms with Crippen molar-refractivity contribution in [2.75, 3.05) is 6.54 Å². The van der Waals surface area contributed by atoms with Crippen molar-refractivity contribution in [3.8, 4) is 11.5 Å². The summed E-state index contributed by atoms with van der Waals surface area (Å²) < 4.78 is 3.61. The van der Waals surface area contributed by atoms with E-state index in [1.54, 1.807) is 40.0 Å². The van der Waals surface area contributed by atoms with Crippen molar-refractivity contribution >= 4 is 23.0 Å². The number of aromatic nitrogens is 7. The van der Waals surface area contributed by atoms with Gasteiger partial charge in [-0.05, 0) is 31.2 Å². The fourth-order valence-electron chi connectivity index (χ4n) is 3.49. The molecule has 0 aromatic carbocycles. The van der Waals surface area contributed by atoms with Gasteiger partial charge >= 0.3 is 0 Å². The second kappa shape index (κ2) is 6.38. The average Bonchev–Trinajstić information content (AvgIpc) is 3.32. The third-order valence-corrected chi connectivity index (χ3v) is 5.12. The minimum absolute atomic E-state index is 0.148. The molecule has 1 atom stereocenters. The number of rotatable bonds is 2. The van der Waals surface area contributed by atoms with Crippen LogP contribution in [0.1, 0.15) is 29.3 Å². The Bertz CT molecular complexity index is 1180. The molecule has 1 aliphatic heterocycles. The molecule has 5 rings (SSSR count). The van der Waals surface area contributed by atoms with Gasteiger partial charge in [-0.25, -0.2) is 14.5 Å². The first-order valence-corrected chi connectivity index (χ1v) is 9.15. The number of hydrogen-bond donors (Lipinski definition) is 0. The summed E-state index contributed by atoms with van der Waals surface area (Å²) in [5.41, 5.74) is 1.89. The highest BCUT2D eigenvalue weighted by Gasteiger charge is 2.33. The number of amides is 1. The molecule has 5 heterocycles. The highest BCUT2D eigenvalue weighted by atomic mass is 35.5. The van der Waals surface area contributed by atoms with Gasteiger partial charge < -0.3 is 9.47 Å². The third-order valence-electron chi connectivity index (χ3n) is 4.90. The lowest BCUT2D eigenvalue weighted by Crippen LogP contribution is -2.41. The van der Waals surface area contributed by atoms with Gasteiger partial charge in [0.1, 0.15) is 12.0 Å². The number of halogens is 1. The van der Waals surface area contributed by atoms with Crippen molar-refractivity contribution in [1.82, 2.24) is 39.2 Å². The largest absolute Gasteiger partial charge is 0.325 e. The van der Waals surface area contributed by atoms with Crippen LogP contribution in [0.4, 0.5) is 0 Å². The summed E-state index contributed by atoms with van der Waals surface area (Å²) in [5, 5.41) is 13.5. The topological polar surface area (TPSA) is 94.1 Å². The normalized spacial score (nSPS) is 16.4. The fourth-order valence-corrected chi connectivity index (χ4v) is 3.64. The first-order valence-electron chi connectivity index (χ1n) is 8.77. The van der Waals surface area contributed by atoms with Crippen molar-refractivity contribution in [3.05, 3.63) is 59.5 Å². The number of pyridine rings is 1. The van der Waals surface area contributed by atoms with E-state index in [4.69, 9.17) is 11.6 Å². The minimum Gasteiger partial charge on any atom is -0.325 e. The van der Waals surface area contributed by atoms with Gasteiger partial charge in [-0.1, -0.05) is 11.6 Å². The Hall–Kier alpha value is -3.33. The zero-order valence-electron chi connectivity index (χ0n) is 14.9. The monoisotopic (exact) mass is 394 g/mol. The SMILES string of the molecule is CC1c2nnc(-c3ccncn3)n2CCN1C(=O)c1cc2ccc(Cl)cn2n1. The molecule has 0 aliphatic carbocycles. The summed E-state index contributed by atoms with van der Waals surface area (Å²) in [6, 6.07) is 6.92. The van der Waals surface area contributed by atoms with Crippen LogP contribution in [-0.4, -0.2) is 51.7 Å². The maximum Gasteiger partial charge on any atom is 0.275 e. The van der Waals surface area contributed by atoms with Gasteiger partial charge in [-0.3, -0.25) is 4.79 Å². The lowest BCUT2D eigenvalue weighted by atomic mass is 10.2. The van der Waals surface area contributed by atoms with Gasteiger partial charge in [0, 0.05) is 25.5 Å². The standard InChI is InChI=1S/C18H15ClN8O/c1-11-16-22-23-17(14-4-5-20-10-21-14)26(16)7-6-25(11)18(28)15-8-13-3-2-12(19)9-27(13)24-15/h2-5,8-11H,6-7H2,1H3. The van der Waals surface area contributed by atoms with E-state index in [1.165, 1.54) is 6.33 Å². The summed E-state index contributed by atoms with van der Waals surface area (Å²) >= 11 is 6.01. The smallest absolute Gasteiger partial charge is 0.275 e. The van der Waals surface area contributed by atoms with Crippen LogP contribution in [-0.2, 0) is 6.54 Å². The molecule has 4 aromatic heterocycles. The zero-order valence-corrected chi connectivity index (χ0v) is 15.7. The molecular weight excluding hydrogens is 380 g/mol. The zero-order chi connectivity index (χ0) is 19.3. The summed E-state index contributed by atoms with van der Waals surface area (Å²) in [4.78, 5) is 23.0. The van der Waals surface area contributed by atoms with Gasteiger partial charge in [0.05, 0.1) is 16.6 Å². The summed E-state index contributed by atoms with van der Waals surface area (Å²) in [5.74, 6) is 1.25. The predicted octanol–water partition coefficient (Wildman–Crippen LogP) is 2.25. The molecule has 0 saturated heterocycles. The molecule has 0 spiro atoms. The maximum atomic E-state index is 13.1. The van der Waals surface area contributed by atoms with E-state index < -0.39 is 0 Å². The highest BCUT2D eigenvalue weighted by Crippen LogP contribution is 2.28. The van der Waals surface area contributed by atoms with Crippen molar-refractivity contribution in [2.45, 2.75) is 19.5 Å². The number of fused-ring (bicyclic) bond motifs is 2. The van der Waals surface area contributed by atoms with Crippen LogP contribution < -0.4 is 0 Å². The number of carbonyl (C=O) groups is 1. The molecule has 9 nitrogen and oxygen atoms in total. The molecule has 4 aromatic rings. The van der Waals surface area contributed by atoms with Gasteiger partial charge in [-0.2, -0.15) is 5.10 Å². The third kappa shape index (κ3) is 2.63. The van der Waals surface area contributed by atoms with Crippen LogP contribution in [0.25, 0.3) is 17.0 Å². The predicted molar refractivity (Wildman–Crippen MR) is 101 cm³/mol. The molecule has 0 N–H and O–H groups in total. The van der Waals surface area contributed by atoms with Crippen LogP contribution in [0.15, 0.2) is 43.0 Å². The lowest BCUT2D eigenvalue weighted by molar-refractivity contribution is 0.0632. The van der Waals surface area contributed by atoms with Crippen LogP contribution in [0.5, 0.6) is 0 Å². The number of hydrogen-bond acceptors (Lipinski definition) is 6. The van der Waals surface area contributed by atoms with E-state index in [0.717, 1.165) is 11.3 Å². The van der Waals surface area contributed by atoms with Crippen molar-refractivity contribution in [3.63, 3.8) is 0 Å². The van der Waals surface area contributed by atoms with Crippen LogP contribution in [0.2, 0.25) is 5.02 Å². The van der Waals surface area contributed by atoms with E-state index >= 15 is 0 Å². The first kappa shape index (κ1) is 16.8. The molecule has 28 heavy (non-hydrogen) atoms. The molecule has 1 aliphatic rings. The van der Waals surface area contributed by atoms with Gasteiger partial charge in [-0.15, -0.1) is 10.2 Å². The molecule has 0 bridgehead atoms. The minimum atomic E-state index is -0.238. The van der Waals surface area contributed by atoms with Gasteiger partial charge in [0.15, 0.2) is 17.3 Å². The van der Waals surface area contributed by atoms with E-state index in [0.29, 0.717) is 35.3 Å². The Morgan fingerprint density at radius 3 is 2.93 bits per heavy atom. The highest BCUT2D eigenvalue weighted by molar-refractivity contribution is 6.30. The molecule has 0 saturated carbocycles. The van der Waals surface area contributed by atoms with E-state index in [-0.39, 0.29) is 11.9 Å². The van der Waals surface area contributed by atoms with Crippen LogP contribution >= 0.6 is 11.6 Å². The quantitative estimate of drug-likeness (QED) is 0.517. The molecule has 1 unspecified atom stereocenters. The van der Waals surface area contributed by atoms with E-state index in [2.05, 4.69) is 25.3 Å². The fraction of sp³-hybridized carbons (Fsp3) is 0.222. The molecule has 10 heteroatoms. The Labute approximate surface area is 164 Å². The number of carbonyl (C=O) groups excluding carboxylic acids is 1. The Morgan fingerprint density at radius 1 is 1.21 bits per heavy atom. The summed E-state index contributed by atoms with van der Waals surface area (Å²) in [6.45, 7) is 3.04. The van der Waals surface area contributed by atoms with Gasteiger partial charge in [0.25, 0.3) is 5.91 Å². The van der Waals surface area contributed by atoms with E-state index in [9.17, 15) is 4.79 Å². The van der Waals surface area contributed by atoms with Crippen LogP contribution in [0, 0.1) is 0 Å². The van der Waals surface area contributed by atoms with Crippen molar-refractivity contribution in [1.29, 1.82) is 0 Å². The van der Waals surface area contributed by atoms with Gasteiger partial charge in [0.2, 0.25) is 0 Å². The molecule has 0 fully saturated rings. The first-order chi connectivity index (χ1) is 13.6. The van der Waals surface area contributed by atoms with E-state index in [1.807, 2.05) is 17.6 Å². The second-order valence-electron chi connectivity index (χ2n) is 6.55. The Morgan fingerprint density at radius 2 is 2.11 bits per heavy atom. The summed E-state index contributed by atoms with van der Waals surface area (Å²) in [7, 11) is 0. The van der Waals surface area contributed by atoms with Crippen LogP contribution in [0.3, 0.4) is 0 Å². The summed E-state index contributed by atoms with van der Waals surface area (Å²) in [6.07, 6.45) is 4.83.